The molecule has 1 nitrogen and oxygen atoms in total. The average molecular weight is 222 g/mol. The monoisotopic (exact) mass is 221 g/mol. The number of hydrogen-bond acceptors (Lipinski definition) is 1. The van der Waals surface area contributed by atoms with Gasteiger partial charge in [-0.1, -0.05) is 42.3 Å². The van der Waals surface area contributed by atoms with Crippen LogP contribution in [0, 0.1) is 0 Å². The third-order valence-corrected chi connectivity index (χ3v) is 2.95. The Morgan fingerprint density at radius 1 is 1.33 bits per heavy atom. The van der Waals surface area contributed by atoms with Crippen molar-refractivity contribution < 1.29 is 0 Å². The molecule has 1 aromatic carbocycles. The predicted molar refractivity (Wildman–Crippen MR) is 66.1 cm³/mol. The van der Waals surface area contributed by atoms with Gasteiger partial charge < -0.3 is 5.32 Å². The second-order valence-corrected chi connectivity index (χ2v) is 4.41. The zero-order valence-electron chi connectivity index (χ0n) is 8.75. The Kier molecular flexibility index (Phi) is 3.81. The second-order valence-electron chi connectivity index (χ2n) is 3.97. The van der Waals surface area contributed by atoms with Crippen molar-refractivity contribution in [2.24, 2.45) is 0 Å². The first-order chi connectivity index (χ1) is 7.34. The van der Waals surface area contributed by atoms with Gasteiger partial charge in [0.1, 0.15) is 0 Å². The average Bonchev–Trinajstić information content (AvgIpc) is 2.28. The van der Waals surface area contributed by atoms with Gasteiger partial charge in [0.2, 0.25) is 0 Å². The molecule has 15 heavy (non-hydrogen) atoms. The van der Waals surface area contributed by atoms with E-state index in [1.165, 1.54) is 24.8 Å². The minimum Gasteiger partial charge on any atom is -0.311 e. The molecule has 0 amide bonds. The molecule has 0 saturated carbocycles. The van der Waals surface area contributed by atoms with Gasteiger partial charge in [-0.05, 0) is 37.1 Å². The van der Waals surface area contributed by atoms with Crippen LogP contribution in [0.25, 0.3) is 6.08 Å². The van der Waals surface area contributed by atoms with Crippen LogP contribution in [0.2, 0.25) is 5.02 Å². The van der Waals surface area contributed by atoms with Gasteiger partial charge >= 0.3 is 0 Å². The smallest absolute Gasteiger partial charge is 0.0411 e. The van der Waals surface area contributed by atoms with Crippen LogP contribution in [0.15, 0.2) is 30.3 Å². The molecular formula is C13H16ClN. The van der Waals surface area contributed by atoms with Crippen LogP contribution in [0.1, 0.15) is 24.8 Å². The first-order valence-electron chi connectivity index (χ1n) is 5.52. The molecule has 0 aromatic heterocycles. The third kappa shape index (κ3) is 3.37. The van der Waals surface area contributed by atoms with Crippen molar-refractivity contribution in [3.8, 4) is 0 Å². The van der Waals surface area contributed by atoms with Crippen molar-refractivity contribution in [1.29, 1.82) is 0 Å². The topological polar surface area (TPSA) is 12.0 Å². The number of hydrogen-bond donors (Lipinski definition) is 1. The molecule has 2 rings (SSSR count). The summed E-state index contributed by atoms with van der Waals surface area (Å²) in [6, 6.07) is 8.48. The van der Waals surface area contributed by atoms with Gasteiger partial charge in [-0.2, -0.15) is 0 Å². The van der Waals surface area contributed by atoms with Gasteiger partial charge in [0, 0.05) is 11.1 Å². The Hall–Kier alpha value is -0.790. The normalized spacial score (nSPS) is 22.1. The van der Waals surface area contributed by atoms with Gasteiger partial charge in [0.25, 0.3) is 0 Å². The van der Waals surface area contributed by atoms with Crippen LogP contribution in [0.5, 0.6) is 0 Å². The van der Waals surface area contributed by atoms with E-state index in [4.69, 9.17) is 11.6 Å². The van der Waals surface area contributed by atoms with Gasteiger partial charge in [-0.25, -0.2) is 0 Å². The van der Waals surface area contributed by atoms with E-state index >= 15 is 0 Å². The van der Waals surface area contributed by atoms with Crippen molar-refractivity contribution in [2.75, 3.05) is 6.54 Å². The molecule has 0 radical (unpaired) electrons. The quantitative estimate of drug-likeness (QED) is 0.806. The highest BCUT2D eigenvalue weighted by Crippen LogP contribution is 2.14. The molecule has 1 atom stereocenters. The van der Waals surface area contributed by atoms with Gasteiger partial charge in [0.15, 0.2) is 0 Å². The Morgan fingerprint density at radius 2 is 2.27 bits per heavy atom. The Labute approximate surface area is 96.1 Å². The first-order valence-corrected chi connectivity index (χ1v) is 5.89. The van der Waals surface area contributed by atoms with Crippen molar-refractivity contribution >= 4 is 17.7 Å². The zero-order chi connectivity index (χ0) is 10.5. The molecule has 1 aliphatic heterocycles. The van der Waals surface area contributed by atoms with E-state index in [0.29, 0.717) is 6.04 Å². The molecule has 0 spiro atoms. The summed E-state index contributed by atoms with van der Waals surface area (Å²) in [5, 5.41) is 4.28. The maximum atomic E-state index is 5.92. The number of piperidine rings is 1. The number of benzene rings is 1. The van der Waals surface area contributed by atoms with E-state index in [0.717, 1.165) is 11.6 Å². The summed E-state index contributed by atoms with van der Waals surface area (Å²) in [6.45, 7) is 1.14. The lowest BCUT2D eigenvalue weighted by Gasteiger charge is -2.19. The SMILES string of the molecule is Clc1cccc(/C=C/C2CCCCN2)c1. The van der Waals surface area contributed by atoms with Crippen LogP contribution in [-0.2, 0) is 0 Å². The number of halogens is 1. The highest BCUT2D eigenvalue weighted by Gasteiger charge is 2.07. The van der Waals surface area contributed by atoms with Crippen molar-refractivity contribution in [1.82, 2.24) is 5.32 Å². The summed E-state index contributed by atoms with van der Waals surface area (Å²) in [6.07, 6.45) is 8.27. The summed E-state index contributed by atoms with van der Waals surface area (Å²) >= 11 is 5.92. The second kappa shape index (κ2) is 5.34. The molecule has 1 saturated heterocycles. The third-order valence-electron chi connectivity index (χ3n) is 2.72. The Balaban J connectivity index is 1.97. The van der Waals surface area contributed by atoms with Crippen LogP contribution in [0.3, 0.4) is 0 Å². The highest BCUT2D eigenvalue weighted by molar-refractivity contribution is 6.30. The molecule has 1 fully saturated rings. The molecule has 1 aromatic rings. The summed E-state index contributed by atoms with van der Waals surface area (Å²) in [5.74, 6) is 0. The number of nitrogens with one attached hydrogen (secondary N) is 1. The standard InChI is InChI=1S/C13H16ClN/c14-12-5-3-4-11(10-12)7-8-13-6-1-2-9-15-13/h3-5,7-8,10,13,15H,1-2,6,9H2/b8-7+. The molecule has 80 valence electrons. The number of rotatable bonds is 2. The molecule has 1 unspecified atom stereocenters. The summed E-state index contributed by atoms with van der Waals surface area (Å²) in [4.78, 5) is 0. The summed E-state index contributed by atoms with van der Waals surface area (Å²) < 4.78 is 0. The highest BCUT2D eigenvalue weighted by atomic mass is 35.5. The van der Waals surface area contributed by atoms with E-state index in [1.54, 1.807) is 0 Å². The maximum absolute atomic E-state index is 5.92. The predicted octanol–water partition coefficient (Wildman–Crippen LogP) is 3.50. The Morgan fingerprint density at radius 3 is 3.00 bits per heavy atom. The van der Waals surface area contributed by atoms with E-state index in [-0.39, 0.29) is 0 Å². The van der Waals surface area contributed by atoms with Gasteiger partial charge in [-0.3, -0.25) is 0 Å². The van der Waals surface area contributed by atoms with Gasteiger partial charge in [0.05, 0.1) is 0 Å². The van der Waals surface area contributed by atoms with E-state index in [9.17, 15) is 0 Å². The fourth-order valence-corrected chi connectivity index (χ4v) is 2.08. The lowest BCUT2D eigenvalue weighted by Crippen LogP contribution is -2.31. The van der Waals surface area contributed by atoms with Crippen LogP contribution in [-0.4, -0.2) is 12.6 Å². The van der Waals surface area contributed by atoms with Crippen molar-refractivity contribution in [2.45, 2.75) is 25.3 Å². The first kappa shape index (κ1) is 10.7. The lowest BCUT2D eigenvalue weighted by molar-refractivity contribution is 0.455. The molecule has 1 heterocycles. The minimum absolute atomic E-state index is 0.540. The largest absolute Gasteiger partial charge is 0.311 e. The zero-order valence-corrected chi connectivity index (χ0v) is 9.50. The fraction of sp³-hybridized carbons (Fsp3) is 0.385. The molecule has 1 aliphatic rings. The molecular weight excluding hydrogens is 206 g/mol. The molecule has 0 bridgehead atoms. The Bertz CT molecular complexity index is 340. The maximum Gasteiger partial charge on any atom is 0.0411 e. The summed E-state index contributed by atoms with van der Waals surface area (Å²) in [5.41, 5.74) is 1.18. The van der Waals surface area contributed by atoms with E-state index in [2.05, 4.69) is 23.5 Å². The summed E-state index contributed by atoms with van der Waals surface area (Å²) in [7, 11) is 0. The van der Waals surface area contributed by atoms with Crippen LogP contribution >= 0.6 is 11.6 Å². The van der Waals surface area contributed by atoms with E-state index in [1.807, 2.05) is 18.2 Å². The van der Waals surface area contributed by atoms with Crippen molar-refractivity contribution in [3.05, 3.63) is 40.9 Å². The molecule has 2 heteroatoms. The fourth-order valence-electron chi connectivity index (χ4n) is 1.88. The van der Waals surface area contributed by atoms with Gasteiger partial charge in [-0.15, -0.1) is 0 Å². The van der Waals surface area contributed by atoms with Crippen LogP contribution < -0.4 is 5.32 Å². The van der Waals surface area contributed by atoms with E-state index < -0.39 is 0 Å². The van der Waals surface area contributed by atoms with Crippen LogP contribution in [0.4, 0.5) is 0 Å². The lowest BCUT2D eigenvalue weighted by atomic mass is 10.0. The minimum atomic E-state index is 0.540. The molecule has 1 N–H and O–H groups in total. The van der Waals surface area contributed by atoms with Crippen molar-refractivity contribution in [3.63, 3.8) is 0 Å². The molecule has 0 aliphatic carbocycles.